The van der Waals surface area contributed by atoms with E-state index in [-0.39, 0.29) is 19.1 Å². The van der Waals surface area contributed by atoms with Crippen LogP contribution in [0, 0.1) is 5.41 Å². The second kappa shape index (κ2) is 19.5. The zero-order valence-corrected chi connectivity index (χ0v) is 22.3. The van der Waals surface area contributed by atoms with E-state index < -0.39 is 5.97 Å². The molecule has 0 saturated carbocycles. The highest BCUT2D eigenvalue weighted by Gasteiger charge is 2.09. The Kier molecular flexibility index (Phi) is 17.3. The Morgan fingerprint density at radius 2 is 1.18 bits per heavy atom. The van der Waals surface area contributed by atoms with Crippen molar-refractivity contribution in [3.63, 3.8) is 0 Å². The molecule has 1 rings (SSSR count). The second-order valence-corrected chi connectivity index (χ2v) is 10.9. The quantitative estimate of drug-likeness (QED) is 0.154. The normalized spacial score (nSPS) is 11.4. The summed E-state index contributed by atoms with van der Waals surface area (Å²) >= 11 is 0. The van der Waals surface area contributed by atoms with E-state index in [0.29, 0.717) is 11.8 Å². The maximum Gasteiger partial charge on any atom is 0.325 e. The summed E-state index contributed by atoms with van der Waals surface area (Å²) in [6, 6.07) is 9.55. The number of nitrogens with one attached hydrogen (secondary N) is 1. The van der Waals surface area contributed by atoms with Crippen LogP contribution in [0.3, 0.4) is 0 Å². The molecular formula is C30H51NO3. The summed E-state index contributed by atoms with van der Waals surface area (Å²) < 4.78 is 5.17. The average Bonchev–Trinajstić information content (AvgIpc) is 2.81. The zero-order valence-electron chi connectivity index (χ0n) is 22.3. The number of unbranched alkanes of at least 4 members (excludes halogenated alkanes) is 13. The number of rotatable bonds is 20. The first-order valence-electron chi connectivity index (χ1n) is 13.8. The first kappa shape index (κ1) is 30.2. The molecule has 0 aliphatic heterocycles. The number of carbonyl (C=O) groups excluding carboxylic acids is 2. The van der Waals surface area contributed by atoms with Gasteiger partial charge in [0, 0.05) is 6.42 Å². The van der Waals surface area contributed by atoms with Crippen LogP contribution in [-0.4, -0.2) is 18.4 Å². The van der Waals surface area contributed by atoms with Crippen LogP contribution in [0.5, 0.6) is 0 Å². The molecule has 0 aliphatic carbocycles. The lowest BCUT2D eigenvalue weighted by molar-refractivity contribution is -0.145. The van der Waals surface area contributed by atoms with E-state index in [1.165, 1.54) is 83.5 Å². The van der Waals surface area contributed by atoms with Crippen LogP contribution in [0.2, 0.25) is 0 Å². The molecule has 0 bridgehead atoms. The Bertz CT molecular complexity index is 636. The van der Waals surface area contributed by atoms with Crippen LogP contribution in [0.25, 0.3) is 0 Å². The van der Waals surface area contributed by atoms with Crippen molar-refractivity contribution in [3.8, 4) is 0 Å². The summed E-state index contributed by atoms with van der Waals surface area (Å²) in [7, 11) is 0. The number of hydrogen-bond donors (Lipinski definition) is 1. The minimum absolute atomic E-state index is 0.0527. The average molecular weight is 474 g/mol. The molecule has 1 aromatic carbocycles. The summed E-state index contributed by atoms with van der Waals surface area (Å²) in [5, 5.41) is 2.66. The SMILES string of the molecule is CC(C)(C)CCCCCCCCCCCCCCCCC(=O)NCC(=O)OCc1ccccc1. The van der Waals surface area contributed by atoms with Crippen molar-refractivity contribution in [1.29, 1.82) is 0 Å². The number of carbonyl (C=O) groups is 2. The molecule has 0 aromatic heterocycles. The molecule has 0 unspecified atom stereocenters. The van der Waals surface area contributed by atoms with E-state index in [9.17, 15) is 9.59 Å². The van der Waals surface area contributed by atoms with E-state index in [1.807, 2.05) is 30.3 Å². The number of benzene rings is 1. The van der Waals surface area contributed by atoms with Crippen molar-refractivity contribution in [1.82, 2.24) is 5.32 Å². The minimum Gasteiger partial charge on any atom is -0.460 e. The Balaban J connectivity index is 1.80. The van der Waals surface area contributed by atoms with Gasteiger partial charge in [0.25, 0.3) is 0 Å². The minimum atomic E-state index is -0.395. The molecule has 4 heteroatoms. The molecule has 0 radical (unpaired) electrons. The molecule has 0 fully saturated rings. The maximum absolute atomic E-state index is 11.9. The van der Waals surface area contributed by atoms with Gasteiger partial charge in [0.05, 0.1) is 0 Å². The molecule has 1 aromatic rings. The van der Waals surface area contributed by atoms with Gasteiger partial charge in [0.2, 0.25) is 5.91 Å². The van der Waals surface area contributed by atoms with Crippen molar-refractivity contribution < 1.29 is 14.3 Å². The Labute approximate surface area is 209 Å². The van der Waals surface area contributed by atoms with Crippen LogP contribution >= 0.6 is 0 Å². The number of esters is 1. The Morgan fingerprint density at radius 1 is 0.706 bits per heavy atom. The summed E-state index contributed by atoms with van der Waals surface area (Å²) in [6.45, 7) is 7.20. The second-order valence-electron chi connectivity index (χ2n) is 10.9. The third-order valence-electron chi connectivity index (χ3n) is 6.25. The smallest absolute Gasteiger partial charge is 0.325 e. The number of ether oxygens (including phenoxy) is 1. The predicted molar refractivity (Wildman–Crippen MR) is 143 cm³/mol. The van der Waals surface area contributed by atoms with E-state index >= 15 is 0 Å². The highest BCUT2D eigenvalue weighted by atomic mass is 16.5. The van der Waals surface area contributed by atoms with Crippen molar-refractivity contribution in [2.45, 2.75) is 130 Å². The molecule has 0 spiro atoms. The van der Waals surface area contributed by atoms with Gasteiger partial charge in [-0.15, -0.1) is 0 Å². The monoisotopic (exact) mass is 473 g/mol. The largest absolute Gasteiger partial charge is 0.460 e. The van der Waals surface area contributed by atoms with Crippen LogP contribution in [0.4, 0.5) is 0 Å². The maximum atomic E-state index is 11.9. The van der Waals surface area contributed by atoms with Gasteiger partial charge in [0.15, 0.2) is 0 Å². The molecule has 0 atom stereocenters. The van der Waals surface area contributed by atoms with E-state index in [1.54, 1.807) is 0 Å². The first-order chi connectivity index (χ1) is 16.4. The lowest BCUT2D eigenvalue weighted by Gasteiger charge is -2.17. The third kappa shape index (κ3) is 19.6. The van der Waals surface area contributed by atoms with Gasteiger partial charge in [0.1, 0.15) is 13.2 Å². The summed E-state index contributed by atoms with van der Waals surface area (Å²) in [6.07, 6.45) is 20.1. The third-order valence-corrected chi connectivity index (χ3v) is 6.25. The van der Waals surface area contributed by atoms with Crippen molar-refractivity contribution >= 4 is 11.9 Å². The topological polar surface area (TPSA) is 55.4 Å². The predicted octanol–water partition coefficient (Wildman–Crippen LogP) is 8.13. The van der Waals surface area contributed by atoms with Crippen molar-refractivity contribution in [2.24, 2.45) is 5.41 Å². The summed E-state index contributed by atoms with van der Waals surface area (Å²) in [5.41, 5.74) is 1.44. The Hall–Kier alpha value is -1.84. The van der Waals surface area contributed by atoms with Crippen LogP contribution in [0.1, 0.15) is 129 Å². The summed E-state index contributed by atoms with van der Waals surface area (Å²) in [4.78, 5) is 23.6. The van der Waals surface area contributed by atoms with Crippen molar-refractivity contribution in [2.75, 3.05) is 6.54 Å². The van der Waals surface area contributed by atoms with Gasteiger partial charge in [-0.1, -0.05) is 135 Å². The van der Waals surface area contributed by atoms with Gasteiger partial charge in [-0.3, -0.25) is 9.59 Å². The molecule has 34 heavy (non-hydrogen) atoms. The van der Waals surface area contributed by atoms with E-state index in [0.717, 1.165) is 18.4 Å². The lowest BCUT2D eigenvalue weighted by Crippen LogP contribution is -2.30. The number of hydrogen-bond acceptors (Lipinski definition) is 3. The Morgan fingerprint density at radius 3 is 1.68 bits per heavy atom. The molecular weight excluding hydrogens is 422 g/mol. The summed E-state index contributed by atoms with van der Waals surface area (Å²) in [5.74, 6) is -0.459. The molecule has 1 N–H and O–H groups in total. The van der Waals surface area contributed by atoms with Gasteiger partial charge < -0.3 is 10.1 Å². The fourth-order valence-electron chi connectivity index (χ4n) is 4.11. The van der Waals surface area contributed by atoms with Crippen LogP contribution in [0.15, 0.2) is 30.3 Å². The fourth-order valence-corrected chi connectivity index (χ4v) is 4.11. The van der Waals surface area contributed by atoms with E-state index in [2.05, 4.69) is 26.1 Å². The fraction of sp³-hybridized carbons (Fsp3) is 0.733. The standard InChI is InChI=1S/C30H51NO3/c1-30(2,3)24-20-15-13-11-9-7-5-4-6-8-10-12-14-19-23-28(32)31-25-29(33)34-26-27-21-17-16-18-22-27/h16-18,21-22H,4-15,19-20,23-26H2,1-3H3,(H,31,32). The van der Waals surface area contributed by atoms with Gasteiger partial charge in [-0.25, -0.2) is 0 Å². The zero-order chi connectivity index (χ0) is 24.9. The molecule has 0 heterocycles. The molecule has 0 saturated heterocycles. The van der Waals surface area contributed by atoms with Crippen molar-refractivity contribution in [3.05, 3.63) is 35.9 Å². The highest BCUT2D eigenvalue weighted by Crippen LogP contribution is 2.22. The molecule has 0 aliphatic rings. The van der Waals surface area contributed by atoms with Crippen LogP contribution in [-0.2, 0) is 20.9 Å². The van der Waals surface area contributed by atoms with E-state index in [4.69, 9.17) is 4.74 Å². The molecule has 4 nitrogen and oxygen atoms in total. The van der Waals surface area contributed by atoms with Crippen LogP contribution < -0.4 is 5.32 Å². The first-order valence-corrected chi connectivity index (χ1v) is 13.8. The van der Waals surface area contributed by atoms with Gasteiger partial charge in [-0.05, 0) is 23.8 Å². The molecule has 194 valence electrons. The molecule has 1 amide bonds. The number of amides is 1. The van der Waals surface area contributed by atoms with Gasteiger partial charge in [-0.2, -0.15) is 0 Å². The highest BCUT2D eigenvalue weighted by molar-refractivity contribution is 5.81. The van der Waals surface area contributed by atoms with Gasteiger partial charge >= 0.3 is 5.97 Å². The lowest BCUT2D eigenvalue weighted by atomic mass is 9.89.